The lowest BCUT2D eigenvalue weighted by atomic mass is 10.1. The Kier molecular flexibility index (Phi) is 4.69. The van der Waals surface area contributed by atoms with Crippen molar-refractivity contribution in [1.29, 1.82) is 0 Å². The molecule has 6 nitrogen and oxygen atoms in total. The summed E-state index contributed by atoms with van der Waals surface area (Å²) in [5, 5.41) is 15.1. The average molecular weight is 383 g/mol. The normalized spacial score (nSPS) is 11.3. The van der Waals surface area contributed by atoms with Gasteiger partial charge in [0, 0.05) is 17.8 Å². The third-order valence-corrected chi connectivity index (χ3v) is 5.93. The zero-order valence-electron chi connectivity index (χ0n) is 14.8. The minimum atomic E-state index is 0.723. The molecule has 3 aromatic heterocycles. The SMILES string of the molecule is Cc1cc(C)nc(SCc2nn3c(Cc4ccccc4C)nnc3s2)n1. The number of benzene rings is 1. The molecule has 0 aliphatic heterocycles. The van der Waals surface area contributed by atoms with Crippen LogP contribution in [0.5, 0.6) is 0 Å². The quantitative estimate of drug-likeness (QED) is 0.386. The number of rotatable bonds is 5. The summed E-state index contributed by atoms with van der Waals surface area (Å²) in [6.45, 7) is 6.08. The van der Waals surface area contributed by atoms with E-state index in [0.717, 1.165) is 44.5 Å². The summed E-state index contributed by atoms with van der Waals surface area (Å²) in [6.07, 6.45) is 0.727. The lowest BCUT2D eigenvalue weighted by Crippen LogP contribution is -2.00. The Morgan fingerprint density at radius 3 is 2.58 bits per heavy atom. The number of thioether (sulfide) groups is 1. The van der Waals surface area contributed by atoms with Crippen molar-refractivity contribution in [2.24, 2.45) is 0 Å². The highest BCUT2D eigenvalue weighted by Crippen LogP contribution is 2.24. The van der Waals surface area contributed by atoms with Crippen LogP contribution >= 0.6 is 23.1 Å². The van der Waals surface area contributed by atoms with E-state index in [1.807, 2.05) is 36.6 Å². The molecule has 0 aliphatic rings. The fourth-order valence-corrected chi connectivity index (χ4v) is 4.52. The zero-order chi connectivity index (χ0) is 18.1. The Morgan fingerprint density at radius 1 is 1.04 bits per heavy atom. The highest BCUT2D eigenvalue weighted by atomic mass is 32.2. The van der Waals surface area contributed by atoms with Gasteiger partial charge in [-0.15, -0.1) is 10.2 Å². The van der Waals surface area contributed by atoms with Crippen LogP contribution in [0, 0.1) is 20.8 Å². The van der Waals surface area contributed by atoms with E-state index in [1.165, 1.54) is 11.1 Å². The van der Waals surface area contributed by atoms with Crippen LogP contribution in [0.3, 0.4) is 0 Å². The summed E-state index contributed by atoms with van der Waals surface area (Å²) in [4.78, 5) is 9.76. The van der Waals surface area contributed by atoms with Gasteiger partial charge in [0.25, 0.3) is 0 Å². The number of aryl methyl sites for hydroxylation is 3. The maximum atomic E-state index is 4.69. The first-order chi connectivity index (χ1) is 12.6. The molecule has 3 heterocycles. The molecule has 0 bridgehead atoms. The molecule has 0 fully saturated rings. The molecule has 4 rings (SSSR count). The lowest BCUT2D eigenvalue weighted by molar-refractivity contribution is 0.834. The van der Waals surface area contributed by atoms with Crippen LogP contribution < -0.4 is 0 Å². The van der Waals surface area contributed by atoms with E-state index in [2.05, 4.69) is 39.2 Å². The van der Waals surface area contributed by atoms with Gasteiger partial charge in [-0.2, -0.15) is 9.61 Å². The molecule has 8 heteroatoms. The average Bonchev–Trinajstić information content (AvgIpc) is 3.16. The van der Waals surface area contributed by atoms with Crippen molar-refractivity contribution >= 4 is 28.1 Å². The molecule has 0 spiro atoms. The molecule has 0 aliphatic carbocycles. The second-order valence-electron chi connectivity index (χ2n) is 6.13. The van der Waals surface area contributed by atoms with Gasteiger partial charge in [-0.25, -0.2) is 9.97 Å². The van der Waals surface area contributed by atoms with Crippen molar-refractivity contribution < 1.29 is 0 Å². The summed E-state index contributed by atoms with van der Waals surface area (Å²) in [7, 11) is 0. The number of nitrogens with zero attached hydrogens (tertiary/aromatic N) is 6. The van der Waals surface area contributed by atoms with Gasteiger partial charge >= 0.3 is 0 Å². The Morgan fingerprint density at radius 2 is 1.81 bits per heavy atom. The van der Waals surface area contributed by atoms with Crippen molar-refractivity contribution in [2.75, 3.05) is 0 Å². The molecule has 1 aromatic carbocycles. The molecular weight excluding hydrogens is 364 g/mol. The standard InChI is InChI=1S/C18H18N6S2/c1-11-6-4-5-7-14(11)9-15-21-22-18-24(15)23-16(26-18)10-25-17-19-12(2)8-13(3)20-17/h4-8H,9-10H2,1-3H3. The third kappa shape index (κ3) is 3.61. The summed E-state index contributed by atoms with van der Waals surface area (Å²) in [5.41, 5.74) is 4.47. The van der Waals surface area contributed by atoms with Crippen LogP contribution in [0.25, 0.3) is 4.96 Å². The van der Waals surface area contributed by atoms with Crippen LogP contribution in [0.1, 0.15) is 33.3 Å². The molecule has 0 unspecified atom stereocenters. The highest BCUT2D eigenvalue weighted by Gasteiger charge is 2.13. The molecule has 0 radical (unpaired) electrons. The topological polar surface area (TPSA) is 68.9 Å². The Labute approximate surface area is 159 Å². The number of hydrogen-bond donors (Lipinski definition) is 0. The van der Waals surface area contributed by atoms with Crippen LogP contribution in [0.15, 0.2) is 35.5 Å². The van der Waals surface area contributed by atoms with Gasteiger partial charge in [-0.1, -0.05) is 47.4 Å². The minimum absolute atomic E-state index is 0.723. The maximum Gasteiger partial charge on any atom is 0.234 e. The van der Waals surface area contributed by atoms with Crippen molar-refractivity contribution in [1.82, 2.24) is 29.8 Å². The van der Waals surface area contributed by atoms with Gasteiger partial charge in [0.2, 0.25) is 4.96 Å². The second kappa shape index (κ2) is 7.13. The maximum absolute atomic E-state index is 4.69. The van der Waals surface area contributed by atoms with E-state index in [9.17, 15) is 0 Å². The van der Waals surface area contributed by atoms with Crippen molar-refractivity contribution in [3.8, 4) is 0 Å². The van der Waals surface area contributed by atoms with Gasteiger partial charge in [0.15, 0.2) is 11.0 Å². The van der Waals surface area contributed by atoms with E-state index < -0.39 is 0 Å². The fourth-order valence-electron chi connectivity index (χ4n) is 2.73. The number of fused-ring (bicyclic) bond motifs is 1. The van der Waals surface area contributed by atoms with Crippen LogP contribution in [-0.2, 0) is 12.2 Å². The predicted molar refractivity (Wildman–Crippen MR) is 104 cm³/mol. The summed E-state index contributed by atoms with van der Waals surface area (Å²) >= 11 is 3.16. The summed E-state index contributed by atoms with van der Waals surface area (Å²) in [6, 6.07) is 10.3. The first-order valence-electron chi connectivity index (χ1n) is 8.28. The van der Waals surface area contributed by atoms with E-state index in [1.54, 1.807) is 23.1 Å². The Bertz CT molecular complexity index is 1050. The van der Waals surface area contributed by atoms with Crippen LogP contribution in [0.4, 0.5) is 0 Å². The smallest absolute Gasteiger partial charge is 0.228 e. The Balaban J connectivity index is 1.53. The number of aromatic nitrogens is 6. The largest absolute Gasteiger partial charge is 0.234 e. The van der Waals surface area contributed by atoms with Crippen LogP contribution in [-0.4, -0.2) is 29.8 Å². The lowest BCUT2D eigenvalue weighted by Gasteiger charge is -2.02. The first-order valence-corrected chi connectivity index (χ1v) is 10.1. The molecule has 0 saturated carbocycles. The predicted octanol–water partition coefficient (Wildman–Crippen LogP) is 3.78. The molecule has 4 aromatic rings. The van der Waals surface area contributed by atoms with E-state index in [0.29, 0.717) is 0 Å². The molecule has 0 saturated heterocycles. The molecule has 0 atom stereocenters. The second-order valence-corrected chi connectivity index (χ2v) is 8.11. The minimum Gasteiger partial charge on any atom is -0.228 e. The van der Waals surface area contributed by atoms with Gasteiger partial charge in [-0.3, -0.25) is 0 Å². The van der Waals surface area contributed by atoms with Crippen molar-refractivity contribution in [3.63, 3.8) is 0 Å². The molecule has 0 amide bonds. The van der Waals surface area contributed by atoms with E-state index in [-0.39, 0.29) is 0 Å². The number of hydrogen-bond acceptors (Lipinski definition) is 7. The Hall–Kier alpha value is -2.32. The van der Waals surface area contributed by atoms with Crippen molar-refractivity contribution in [2.45, 2.75) is 38.1 Å². The zero-order valence-corrected chi connectivity index (χ0v) is 16.4. The molecule has 26 heavy (non-hydrogen) atoms. The first kappa shape index (κ1) is 17.1. The molecule has 0 N–H and O–H groups in total. The van der Waals surface area contributed by atoms with Gasteiger partial charge < -0.3 is 0 Å². The van der Waals surface area contributed by atoms with E-state index >= 15 is 0 Å². The molecule has 132 valence electrons. The van der Waals surface area contributed by atoms with Gasteiger partial charge in [0.05, 0.1) is 5.75 Å². The van der Waals surface area contributed by atoms with Gasteiger partial charge in [-0.05, 0) is 38.0 Å². The fraction of sp³-hybridized carbons (Fsp3) is 0.278. The van der Waals surface area contributed by atoms with Gasteiger partial charge in [0.1, 0.15) is 5.01 Å². The van der Waals surface area contributed by atoms with E-state index in [4.69, 9.17) is 5.10 Å². The van der Waals surface area contributed by atoms with Crippen LogP contribution in [0.2, 0.25) is 0 Å². The monoisotopic (exact) mass is 382 g/mol. The summed E-state index contributed by atoms with van der Waals surface area (Å²) < 4.78 is 1.86. The van der Waals surface area contributed by atoms with Crippen molar-refractivity contribution in [3.05, 3.63) is 63.7 Å². The highest BCUT2D eigenvalue weighted by molar-refractivity contribution is 7.98. The summed E-state index contributed by atoms with van der Waals surface area (Å²) in [5.74, 6) is 1.59. The molecular formula is C18H18N6S2. The third-order valence-electron chi connectivity index (χ3n) is 3.99.